The molecule has 0 aromatic carbocycles. The molecule has 3 atom stereocenters. The van der Waals surface area contributed by atoms with E-state index < -0.39 is 0 Å². The Morgan fingerprint density at radius 2 is 1.72 bits per heavy atom. The molecule has 1 saturated heterocycles. The second-order valence-corrected chi connectivity index (χ2v) is 9.13. The Morgan fingerprint density at radius 3 is 2.28 bits per heavy atom. The molecule has 1 N–H and O–H groups in total. The van der Waals surface area contributed by atoms with Gasteiger partial charge in [0.25, 0.3) is 0 Å². The first kappa shape index (κ1) is 11.8. The lowest BCUT2D eigenvalue weighted by Crippen LogP contribution is -2.56. The highest BCUT2D eigenvalue weighted by atomic mass is 14.9. The molecule has 4 saturated carbocycles. The first-order valence-electron chi connectivity index (χ1n) is 8.22. The van der Waals surface area contributed by atoms with Crippen molar-refractivity contribution < 1.29 is 0 Å². The third kappa shape index (κ3) is 1.77. The third-order valence-corrected chi connectivity index (χ3v) is 6.58. The Hall–Kier alpha value is -0.0400. The lowest BCUT2D eigenvalue weighted by atomic mass is 9.39. The lowest BCUT2D eigenvalue weighted by molar-refractivity contribution is -0.149. The molecule has 0 aromatic rings. The zero-order chi connectivity index (χ0) is 12.4. The van der Waals surface area contributed by atoms with Crippen LogP contribution < -0.4 is 5.32 Å². The van der Waals surface area contributed by atoms with Crippen LogP contribution in [0.3, 0.4) is 0 Å². The molecule has 1 heterocycles. The van der Waals surface area contributed by atoms with E-state index >= 15 is 0 Å². The summed E-state index contributed by atoms with van der Waals surface area (Å²) in [5.41, 5.74) is 2.13. The smallest absolute Gasteiger partial charge is 0.00728 e. The van der Waals surface area contributed by atoms with E-state index in [9.17, 15) is 0 Å². The summed E-state index contributed by atoms with van der Waals surface area (Å²) < 4.78 is 0. The standard InChI is InChI=1S/C17H29N/c1-15-6-13-7-16(2,10-15)12-17(8-13,11-15)9-14-4-3-5-18-14/h13-14,18H,3-12H2,1-2H3. The largest absolute Gasteiger partial charge is 0.314 e. The van der Waals surface area contributed by atoms with Crippen LogP contribution in [-0.2, 0) is 0 Å². The van der Waals surface area contributed by atoms with Crippen LogP contribution in [0.25, 0.3) is 0 Å². The van der Waals surface area contributed by atoms with E-state index in [1.807, 2.05) is 0 Å². The summed E-state index contributed by atoms with van der Waals surface area (Å²) >= 11 is 0. The Labute approximate surface area is 112 Å². The van der Waals surface area contributed by atoms with Crippen molar-refractivity contribution in [3.63, 3.8) is 0 Å². The van der Waals surface area contributed by atoms with Gasteiger partial charge in [-0.2, -0.15) is 0 Å². The van der Waals surface area contributed by atoms with Crippen LogP contribution in [0.5, 0.6) is 0 Å². The molecular weight excluding hydrogens is 218 g/mol. The van der Waals surface area contributed by atoms with Gasteiger partial charge in [0.05, 0.1) is 0 Å². The van der Waals surface area contributed by atoms with Crippen molar-refractivity contribution in [2.24, 2.45) is 22.2 Å². The van der Waals surface area contributed by atoms with Gasteiger partial charge in [-0.3, -0.25) is 0 Å². The molecule has 0 aromatic heterocycles. The summed E-state index contributed by atoms with van der Waals surface area (Å²) in [7, 11) is 0. The Morgan fingerprint density at radius 1 is 1.00 bits per heavy atom. The van der Waals surface area contributed by atoms with Gasteiger partial charge in [-0.05, 0) is 86.5 Å². The summed E-state index contributed by atoms with van der Waals surface area (Å²) in [5.74, 6) is 1.07. The molecule has 0 amide bonds. The van der Waals surface area contributed by atoms with E-state index in [1.165, 1.54) is 32.2 Å². The predicted octanol–water partition coefficient (Wildman–Crippen LogP) is 4.13. The van der Waals surface area contributed by atoms with Crippen LogP contribution in [0, 0.1) is 22.2 Å². The second kappa shape index (κ2) is 3.53. The van der Waals surface area contributed by atoms with Crippen LogP contribution in [-0.4, -0.2) is 12.6 Å². The molecule has 18 heavy (non-hydrogen) atoms. The molecular formula is C17H29N. The Bertz CT molecular complexity index is 337. The van der Waals surface area contributed by atoms with Crippen molar-refractivity contribution in [1.82, 2.24) is 5.32 Å². The first-order chi connectivity index (χ1) is 8.49. The number of hydrogen-bond acceptors (Lipinski definition) is 1. The molecule has 4 aliphatic carbocycles. The molecule has 0 spiro atoms. The van der Waals surface area contributed by atoms with Crippen molar-refractivity contribution in [2.45, 2.75) is 77.7 Å². The first-order valence-corrected chi connectivity index (χ1v) is 8.22. The average molecular weight is 247 g/mol. The molecule has 1 heteroatoms. The van der Waals surface area contributed by atoms with E-state index in [0.717, 1.165) is 17.4 Å². The summed E-state index contributed by atoms with van der Waals surface area (Å²) in [6.07, 6.45) is 13.6. The Balaban J connectivity index is 1.60. The molecule has 4 bridgehead atoms. The van der Waals surface area contributed by atoms with Crippen LogP contribution in [0.4, 0.5) is 0 Å². The summed E-state index contributed by atoms with van der Waals surface area (Å²) in [4.78, 5) is 0. The fourth-order valence-electron chi connectivity index (χ4n) is 7.37. The van der Waals surface area contributed by atoms with Gasteiger partial charge in [0.1, 0.15) is 0 Å². The molecule has 5 aliphatic rings. The van der Waals surface area contributed by atoms with Crippen molar-refractivity contribution in [2.75, 3.05) is 6.54 Å². The number of nitrogens with one attached hydrogen (secondary N) is 1. The minimum atomic E-state index is 0.701. The number of hydrogen-bond donors (Lipinski definition) is 1. The Kier molecular flexibility index (Phi) is 2.31. The molecule has 5 fully saturated rings. The van der Waals surface area contributed by atoms with Crippen LogP contribution in [0.15, 0.2) is 0 Å². The average Bonchev–Trinajstić information content (AvgIpc) is 2.62. The zero-order valence-corrected chi connectivity index (χ0v) is 12.2. The van der Waals surface area contributed by atoms with Crippen LogP contribution in [0.2, 0.25) is 0 Å². The van der Waals surface area contributed by atoms with Gasteiger partial charge >= 0.3 is 0 Å². The van der Waals surface area contributed by atoms with Gasteiger partial charge in [0, 0.05) is 6.04 Å². The van der Waals surface area contributed by atoms with Crippen LogP contribution >= 0.6 is 0 Å². The third-order valence-electron chi connectivity index (χ3n) is 6.58. The van der Waals surface area contributed by atoms with E-state index in [2.05, 4.69) is 19.2 Å². The molecule has 1 aliphatic heterocycles. The van der Waals surface area contributed by atoms with Gasteiger partial charge in [-0.1, -0.05) is 13.8 Å². The molecule has 102 valence electrons. The molecule has 1 nitrogen and oxygen atoms in total. The fraction of sp³-hybridized carbons (Fsp3) is 1.00. The molecule has 5 rings (SSSR count). The maximum Gasteiger partial charge on any atom is 0.00728 e. The molecule has 0 radical (unpaired) electrons. The van der Waals surface area contributed by atoms with Gasteiger partial charge in [-0.25, -0.2) is 0 Å². The van der Waals surface area contributed by atoms with Gasteiger partial charge in [0.15, 0.2) is 0 Å². The van der Waals surface area contributed by atoms with E-state index in [-0.39, 0.29) is 0 Å². The highest BCUT2D eigenvalue weighted by Crippen LogP contribution is 2.70. The summed E-state index contributed by atoms with van der Waals surface area (Å²) in [6.45, 7) is 6.48. The maximum atomic E-state index is 3.76. The minimum absolute atomic E-state index is 0.701. The van der Waals surface area contributed by atoms with Crippen molar-refractivity contribution in [3.8, 4) is 0 Å². The quantitative estimate of drug-likeness (QED) is 0.774. The summed E-state index contributed by atoms with van der Waals surface area (Å²) in [6, 6.07) is 0.855. The molecule has 3 unspecified atom stereocenters. The summed E-state index contributed by atoms with van der Waals surface area (Å²) in [5, 5.41) is 3.76. The zero-order valence-electron chi connectivity index (χ0n) is 12.2. The highest BCUT2D eigenvalue weighted by molar-refractivity contribution is 5.11. The van der Waals surface area contributed by atoms with Gasteiger partial charge in [-0.15, -0.1) is 0 Å². The maximum absolute atomic E-state index is 3.76. The highest BCUT2D eigenvalue weighted by Gasteiger charge is 2.60. The normalized spacial score (nSPS) is 58.3. The topological polar surface area (TPSA) is 12.0 Å². The van der Waals surface area contributed by atoms with E-state index in [4.69, 9.17) is 0 Å². The van der Waals surface area contributed by atoms with E-state index in [1.54, 1.807) is 32.1 Å². The van der Waals surface area contributed by atoms with Crippen LogP contribution in [0.1, 0.15) is 71.6 Å². The van der Waals surface area contributed by atoms with Gasteiger partial charge < -0.3 is 5.32 Å². The van der Waals surface area contributed by atoms with Crippen molar-refractivity contribution in [3.05, 3.63) is 0 Å². The van der Waals surface area contributed by atoms with Crippen molar-refractivity contribution in [1.29, 1.82) is 0 Å². The SMILES string of the molecule is CC12CC3CC(C)(C1)CC(CC1CCCN1)(C3)C2. The second-order valence-electron chi connectivity index (χ2n) is 9.13. The van der Waals surface area contributed by atoms with E-state index in [0.29, 0.717) is 10.8 Å². The fourth-order valence-corrected chi connectivity index (χ4v) is 7.37. The van der Waals surface area contributed by atoms with Gasteiger partial charge in [0.2, 0.25) is 0 Å². The van der Waals surface area contributed by atoms with Crippen molar-refractivity contribution >= 4 is 0 Å². The predicted molar refractivity (Wildman–Crippen MR) is 75.5 cm³/mol. The number of rotatable bonds is 2. The lowest BCUT2D eigenvalue weighted by Gasteiger charge is -2.66. The monoisotopic (exact) mass is 247 g/mol. The minimum Gasteiger partial charge on any atom is -0.314 e.